The molecule has 6 nitrogen and oxygen atoms in total. The molecule has 0 unspecified atom stereocenters. The maximum absolute atomic E-state index is 12.9. The van der Waals surface area contributed by atoms with Crippen molar-refractivity contribution in [1.82, 2.24) is 14.8 Å². The number of fused-ring (bicyclic) bond motifs is 1. The highest BCUT2D eigenvalue weighted by atomic mass is 32.1. The fourth-order valence-corrected chi connectivity index (χ4v) is 4.74. The lowest BCUT2D eigenvalue weighted by molar-refractivity contribution is -0.120. The number of anilines is 1. The van der Waals surface area contributed by atoms with Gasteiger partial charge in [-0.05, 0) is 24.3 Å². The number of carbonyl (C=O) groups is 1. The number of para-hydroxylation sites is 2. The fourth-order valence-electron chi connectivity index (χ4n) is 3.73. The molecule has 154 valence electrons. The number of piperazine rings is 1. The number of aromatic nitrogens is 1. The third-order valence-corrected chi connectivity index (χ3v) is 6.36. The first kappa shape index (κ1) is 20.5. The third kappa shape index (κ3) is 5.03. The van der Waals surface area contributed by atoms with Crippen LogP contribution in [-0.4, -0.2) is 60.0 Å². The molecule has 0 spiro atoms. The second-order valence-electron chi connectivity index (χ2n) is 7.42. The minimum Gasteiger partial charge on any atom is -0.310 e. The maximum Gasteiger partial charge on any atom is 0.241 e. The number of hydrogen-bond donors (Lipinski definition) is 0. The van der Waals surface area contributed by atoms with Gasteiger partial charge >= 0.3 is 0 Å². The van der Waals surface area contributed by atoms with Gasteiger partial charge in [0, 0.05) is 38.4 Å². The standard InChI is InChI=1S/C23H25N5OS/c24-11-6-12-28(19-7-2-1-3-8-19)23(29)18-27-15-13-26(14-16-27)17-22-25-20-9-4-5-10-21(20)30-22/h1-5,7-10H,6,12-18H2. The molecule has 0 aliphatic carbocycles. The monoisotopic (exact) mass is 419 g/mol. The first-order chi connectivity index (χ1) is 14.7. The quantitative estimate of drug-likeness (QED) is 0.588. The number of nitriles is 1. The number of thiazole rings is 1. The normalized spacial score (nSPS) is 15.2. The van der Waals surface area contributed by atoms with E-state index in [9.17, 15) is 4.79 Å². The Labute approximate surface area is 181 Å². The van der Waals surface area contributed by atoms with Crippen LogP contribution in [0.25, 0.3) is 10.2 Å². The van der Waals surface area contributed by atoms with E-state index in [1.54, 1.807) is 16.2 Å². The van der Waals surface area contributed by atoms with Crippen LogP contribution in [0.3, 0.4) is 0 Å². The van der Waals surface area contributed by atoms with Gasteiger partial charge < -0.3 is 4.90 Å². The Morgan fingerprint density at radius 2 is 1.73 bits per heavy atom. The number of rotatable bonds is 7. The van der Waals surface area contributed by atoms with Crippen LogP contribution in [0.4, 0.5) is 5.69 Å². The van der Waals surface area contributed by atoms with Crippen molar-refractivity contribution in [3.8, 4) is 6.07 Å². The topological polar surface area (TPSA) is 63.5 Å². The van der Waals surface area contributed by atoms with E-state index >= 15 is 0 Å². The summed E-state index contributed by atoms with van der Waals surface area (Å²) in [5.74, 6) is 0.0519. The van der Waals surface area contributed by atoms with Crippen molar-refractivity contribution < 1.29 is 4.79 Å². The lowest BCUT2D eigenvalue weighted by Crippen LogP contribution is -2.50. The van der Waals surface area contributed by atoms with E-state index in [4.69, 9.17) is 10.2 Å². The first-order valence-electron chi connectivity index (χ1n) is 10.2. The van der Waals surface area contributed by atoms with Gasteiger partial charge in [0.25, 0.3) is 0 Å². The number of nitrogens with zero attached hydrogens (tertiary/aromatic N) is 5. The molecule has 7 heteroatoms. The molecule has 1 amide bonds. The molecule has 1 aliphatic heterocycles. The lowest BCUT2D eigenvalue weighted by Gasteiger charge is -2.35. The Morgan fingerprint density at radius 1 is 1.03 bits per heavy atom. The van der Waals surface area contributed by atoms with Gasteiger partial charge in [-0.2, -0.15) is 5.26 Å². The van der Waals surface area contributed by atoms with E-state index in [0.717, 1.165) is 48.9 Å². The van der Waals surface area contributed by atoms with Crippen molar-refractivity contribution in [2.24, 2.45) is 0 Å². The van der Waals surface area contributed by atoms with Crippen LogP contribution in [0.5, 0.6) is 0 Å². The van der Waals surface area contributed by atoms with E-state index in [0.29, 0.717) is 19.5 Å². The molecule has 2 heterocycles. The van der Waals surface area contributed by atoms with Crippen LogP contribution in [0.1, 0.15) is 11.4 Å². The van der Waals surface area contributed by atoms with Gasteiger partial charge in [-0.25, -0.2) is 4.98 Å². The number of benzene rings is 2. The number of amides is 1. The second-order valence-corrected chi connectivity index (χ2v) is 8.53. The minimum atomic E-state index is 0.0519. The predicted octanol–water partition coefficient (Wildman–Crippen LogP) is 3.36. The average Bonchev–Trinajstić information content (AvgIpc) is 3.18. The van der Waals surface area contributed by atoms with Crippen LogP contribution in [0.2, 0.25) is 0 Å². The molecular weight excluding hydrogens is 394 g/mol. The Balaban J connectivity index is 1.31. The molecular formula is C23H25N5OS. The molecule has 4 rings (SSSR count). The molecule has 3 aromatic rings. The summed E-state index contributed by atoms with van der Waals surface area (Å²) in [5.41, 5.74) is 1.92. The van der Waals surface area contributed by atoms with Gasteiger partial charge in [0.05, 0.1) is 35.8 Å². The van der Waals surface area contributed by atoms with Crippen LogP contribution in [-0.2, 0) is 11.3 Å². The maximum atomic E-state index is 12.9. The zero-order valence-corrected chi connectivity index (χ0v) is 17.7. The van der Waals surface area contributed by atoms with Crippen LogP contribution in [0, 0.1) is 11.3 Å². The van der Waals surface area contributed by atoms with E-state index < -0.39 is 0 Å². The highest BCUT2D eigenvalue weighted by Gasteiger charge is 2.23. The van der Waals surface area contributed by atoms with Gasteiger partial charge in [0.2, 0.25) is 5.91 Å². The average molecular weight is 420 g/mol. The second kappa shape index (κ2) is 9.81. The summed E-state index contributed by atoms with van der Waals surface area (Å²) in [6, 6.07) is 20.0. The van der Waals surface area contributed by atoms with Crippen molar-refractivity contribution in [1.29, 1.82) is 5.26 Å². The smallest absolute Gasteiger partial charge is 0.241 e. The Hall–Kier alpha value is -2.79. The zero-order valence-electron chi connectivity index (χ0n) is 16.9. The largest absolute Gasteiger partial charge is 0.310 e. The Morgan fingerprint density at radius 3 is 2.47 bits per heavy atom. The van der Waals surface area contributed by atoms with Crippen molar-refractivity contribution in [2.75, 3.05) is 44.2 Å². The molecule has 1 aromatic heterocycles. The van der Waals surface area contributed by atoms with Gasteiger partial charge in [0.15, 0.2) is 0 Å². The molecule has 0 bridgehead atoms. The van der Waals surface area contributed by atoms with E-state index in [-0.39, 0.29) is 5.91 Å². The molecule has 2 aromatic carbocycles. The number of hydrogen-bond acceptors (Lipinski definition) is 6. The highest BCUT2D eigenvalue weighted by Crippen LogP contribution is 2.23. The summed E-state index contributed by atoms with van der Waals surface area (Å²) in [6.45, 7) is 5.24. The number of carbonyl (C=O) groups excluding carboxylic acids is 1. The Kier molecular flexibility index (Phi) is 6.70. The van der Waals surface area contributed by atoms with E-state index in [1.807, 2.05) is 36.4 Å². The van der Waals surface area contributed by atoms with Crippen molar-refractivity contribution >= 4 is 33.1 Å². The van der Waals surface area contributed by atoms with Crippen LogP contribution in [0.15, 0.2) is 54.6 Å². The molecule has 0 atom stereocenters. The molecule has 1 saturated heterocycles. The Bertz CT molecular complexity index is 988. The third-order valence-electron chi connectivity index (χ3n) is 5.34. The summed E-state index contributed by atoms with van der Waals surface area (Å²) in [4.78, 5) is 24.0. The van der Waals surface area contributed by atoms with E-state index in [2.05, 4.69) is 34.1 Å². The molecule has 0 N–H and O–H groups in total. The molecule has 1 aliphatic rings. The molecule has 0 saturated carbocycles. The van der Waals surface area contributed by atoms with Crippen LogP contribution < -0.4 is 4.90 Å². The van der Waals surface area contributed by atoms with Gasteiger partial charge in [-0.3, -0.25) is 14.6 Å². The van der Waals surface area contributed by atoms with Gasteiger partial charge in [0.1, 0.15) is 5.01 Å². The van der Waals surface area contributed by atoms with Crippen molar-refractivity contribution in [2.45, 2.75) is 13.0 Å². The molecule has 30 heavy (non-hydrogen) atoms. The zero-order chi connectivity index (χ0) is 20.8. The minimum absolute atomic E-state index is 0.0519. The summed E-state index contributed by atoms with van der Waals surface area (Å²) in [7, 11) is 0. The summed E-state index contributed by atoms with van der Waals surface area (Å²) < 4.78 is 1.23. The summed E-state index contributed by atoms with van der Waals surface area (Å²) in [5, 5.41) is 10.1. The van der Waals surface area contributed by atoms with Gasteiger partial charge in [-0.15, -0.1) is 11.3 Å². The highest BCUT2D eigenvalue weighted by molar-refractivity contribution is 7.18. The SMILES string of the molecule is N#CCCN(C(=O)CN1CCN(Cc2nc3ccccc3s2)CC1)c1ccccc1. The summed E-state index contributed by atoms with van der Waals surface area (Å²) in [6.07, 6.45) is 0.330. The lowest BCUT2D eigenvalue weighted by atomic mass is 10.2. The summed E-state index contributed by atoms with van der Waals surface area (Å²) >= 11 is 1.76. The predicted molar refractivity (Wildman–Crippen MR) is 120 cm³/mol. The first-order valence-corrected chi connectivity index (χ1v) is 11.1. The molecule has 1 fully saturated rings. The van der Waals surface area contributed by atoms with Crippen LogP contribution >= 0.6 is 11.3 Å². The fraction of sp³-hybridized carbons (Fsp3) is 0.348. The van der Waals surface area contributed by atoms with Crippen molar-refractivity contribution in [3.05, 3.63) is 59.6 Å². The van der Waals surface area contributed by atoms with Crippen molar-refractivity contribution in [3.63, 3.8) is 0 Å². The van der Waals surface area contributed by atoms with Gasteiger partial charge in [-0.1, -0.05) is 30.3 Å². The van der Waals surface area contributed by atoms with E-state index in [1.165, 1.54) is 4.70 Å². The molecule has 0 radical (unpaired) electrons.